The van der Waals surface area contributed by atoms with E-state index in [-0.39, 0.29) is 16.9 Å². The van der Waals surface area contributed by atoms with Crippen LogP contribution in [0.15, 0.2) is 69.0 Å². The van der Waals surface area contributed by atoms with Crippen molar-refractivity contribution in [3.05, 3.63) is 70.8 Å². The van der Waals surface area contributed by atoms with E-state index in [0.29, 0.717) is 22.3 Å². The molecule has 0 radical (unpaired) electrons. The van der Waals surface area contributed by atoms with Crippen LogP contribution in [0.1, 0.15) is 36.9 Å². The Morgan fingerprint density at radius 1 is 1.07 bits per heavy atom. The van der Waals surface area contributed by atoms with Crippen LogP contribution in [0.5, 0.6) is 0 Å². The Bertz CT molecular complexity index is 1200. The fourth-order valence-electron chi connectivity index (χ4n) is 3.17. The SMILES string of the molecule is C[C@H](Sc1nc2ccccc2c(=O)n1C1CC1)c1nnc(-c2ccccc2)o1. The van der Waals surface area contributed by atoms with Gasteiger partial charge in [0.2, 0.25) is 11.8 Å². The molecule has 1 fully saturated rings. The van der Waals surface area contributed by atoms with E-state index in [0.717, 1.165) is 23.9 Å². The number of benzene rings is 2. The van der Waals surface area contributed by atoms with Crippen molar-refractivity contribution in [1.82, 2.24) is 19.7 Å². The topological polar surface area (TPSA) is 73.8 Å². The Hall–Kier alpha value is -2.93. The zero-order valence-electron chi connectivity index (χ0n) is 15.3. The van der Waals surface area contributed by atoms with E-state index in [2.05, 4.69) is 10.2 Å². The summed E-state index contributed by atoms with van der Waals surface area (Å²) >= 11 is 1.48. The van der Waals surface area contributed by atoms with Crippen molar-refractivity contribution in [3.8, 4) is 11.5 Å². The summed E-state index contributed by atoms with van der Waals surface area (Å²) in [6, 6.07) is 17.4. The molecule has 1 atom stereocenters. The predicted octanol–water partition coefficient (Wildman–Crippen LogP) is 4.63. The number of thioether (sulfide) groups is 1. The smallest absolute Gasteiger partial charge is 0.262 e. The third-order valence-corrected chi connectivity index (χ3v) is 5.83. The molecule has 1 saturated carbocycles. The summed E-state index contributed by atoms with van der Waals surface area (Å²) in [5, 5.41) is 9.63. The highest BCUT2D eigenvalue weighted by Gasteiger charge is 2.30. The van der Waals surface area contributed by atoms with E-state index in [4.69, 9.17) is 9.40 Å². The molecule has 0 unspecified atom stereocenters. The highest BCUT2D eigenvalue weighted by Crippen LogP contribution is 2.40. The zero-order valence-corrected chi connectivity index (χ0v) is 16.1. The summed E-state index contributed by atoms with van der Waals surface area (Å²) in [5.74, 6) is 1.02. The fourth-order valence-corrected chi connectivity index (χ4v) is 4.18. The summed E-state index contributed by atoms with van der Waals surface area (Å²) in [6.07, 6.45) is 2.03. The second-order valence-corrected chi connectivity index (χ2v) is 8.20. The molecule has 6 nitrogen and oxygen atoms in total. The molecule has 28 heavy (non-hydrogen) atoms. The van der Waals surface area contributed by atoms with Crippen molar-refractivity contribution in [2.75, 3.05) is 0 Å². The van der Waals surface area contributed by atoms with Gasteiger partial charge in [-0.3, -0.25) is 9.36 Å². The number of rotatable bonds is 5. The molecule has 140 valence electrons. The molecule has 2 heterocycles. The van der Waals surface area contributed by atoms with Crippen LogP contribution in [-0.2, 0) is 0 Å². The quantitative estimate of drug-likeness (QED) is 0.365. The summed E-state index contributed by atoms with van der Waals surface area (Å²) in [6.45, 7) is 1.99. The first-order valence-electron chi connectivity index (χ1n) is 9.27. The lowest BCUT2D eigenvalue weighted by atomic mass is 10.2. The average molecular weight is 390 g/mol. The molecule has 5 rings (SSSR count). The number of para-hydroxylation sites is 1. The average Bonchev–Trinajstić information content (AvgIpc) is 3.43. The predicted molar refractivity (Wildman–Crippen MR) is 108 cm³/mol. The fraction of sp³-hybridized carbons (Fsp3) is 0.238. The minimum Gasteiger partial charge on any atom is -0.419 e. The van der Waals surface area contributed by atoms with Gasteiger partial charge in [-0.1, -0.05) is 42.1 Å². The van der Waals surface area contributed by atoms with Crippen molar-refractivity contribution in [2.45, 2.75) is 36.2 Å². The van der Waals surface area contributed by atoms with Crippen LogP contribution in [0.25, 0.3) is 22.4 Å². The minimum atomic E-state index is -0.122. The van der Waals surface area contributed by atoms with Crippen molar-refractivity contribution in [3.63, 3.8) is 0 Å². The van der Waals surface area contributed by atoms with E-state index in [1.807, 2.05) is 66.1 Å². The number of nitrogens with zero attached hydrogens (tertiary/aromatic N) is 4. The number of hydrogen-bond donors (Lipinski definition) is 0. The van der Waals surface area contributed by atoms with E-state index in [1.54, 1.807) is 0 Å². The second kappa shape index (κ2) is 6.91. The van der Waals surface area contributed by atoms with Crippen LogP contribution in [0.3, 0.4) is 0 Å². The molecular formula is C21H18N4O2S. The van der Waals surface area contributed by atoms with Gasteiger partial charge in [-0.05, 0) is 44.0 Å². The third-order valence-electron chi connectivity index (χ3n) is 4.78. The van der Waals surface area contributed by atoms with Crippen LogP contribution in [0, 0.1) is 0 Å². The molecule has 0 N–H and O–H groups in total. The molecule has 0 saturated heterocycles. The molecule has 7 heteroatoms. The molecule has 1 aliphatic carbocycles. The lowest BCUT2D eigenvalue weighted by Crippen LogP contribution is -2.22. The van der Waals surface area contributed by atoms with Gasteiger partial charge in [0.05, 0.1) is 16.2 Å². The van der Waals surface area contributed by atoms with Crippen molar-refractivity contribution >= 4 is 22.7 Å². The van der Waals surface area contributed by atoms with Gasteiger partial charge in [-0.2, -0.15) is 0 Å². The molecule has 0 amide bonds. The van der Waals surface area contributed by atoms with E-state index in [9.17, 15) is 4.79 Å². The van der Waals surface area contributed by atoms with E-state index in [1.165, 1.54) is 11.8 Å². The largest absolute Gasteiger partial charge is 0.419 e. The first-order valence-corrected chi connectivity index (χ1v) is 10.2. The van der Waals surface area contributed by atoms with Gasteiger partial charge in [-0.15, -0.1) is 10.2 Å². The maximum absolute atomic E-state index is 13.0. The number of aromatic nitrogens is 4. The van der Waals surface area contributed by atoms with Crippen LogP contribution < -0.4 is 5.56 Å². The van der Waals surface area contributed by atoms with Crippen LogP contribution in [0.4, 0.5) is 0 Å². The standard InChI is InChI=1S/C21H18N4O2S/c1-13(18-23-24-19(27-18)14-7-3-2-4-8-14)28-21-22-17-10-6-5-9-16(17)20(26)25(21)15-11-12-15/h2-10,13,15H,11-12H2,1H3/t13-/m0/s1. The molecule has 0 bridgehead atoms. The summed E-state index contributed by atoms with van der Waals surface area (Å²) in [5.41, 5.74) is 1.63. The minimum absolute atomic E-state index is 0.0262. The highest BCUT2D eigenvalue weighted by molar-refractivity contribution is 7.99. The molecule has 0 spiro atoms. The Morgan fingerprint density at radius 2 is 1.82 bits per heavy atom. The third kappa shape index (κ3) is 3.11. The van der Waals surface area contributed by atoms with Gasteiger partial charge in [0.25, 0.3) is 5.56 Å². The van der Waals surface area contributed by atoms with Crippen LogP contribution in [-0.4, -0.2) is 19.7 Å². The van der Waals surface area contributed by atoms with Crippen LogP contribution >= 0.6 is 11.8 Å². The van der Waals surface area contributed by atoms with E-state index >= 15 is 0 Å². The summed E-state index contributed by atoms with van der Waals surface area (Å²) in [7, 11) is 0. The first-order chi connectivity index (χ1) is 13.7. The van der Waals surface area contributed by atoms with Gasteiger partial charge >= 0.3 is 0 Å². The number of hydrogen-bond acceptors (Lipinski definition) is 6. The van der Waals surface area contributed by atoms with Gasteiger partial charge in [-0.25, -0.2) is 4.98 Å². The van der Waals surface area contributed by atoms with Gasteiger partial charge in [0.15, 0.2) is 5.16 Å². The lowest BCUT2D eigenvalue weighted by Gasteiger charge is -2.14. The van der Waals surface area contributed by atoms with Crippen molar-refractivity contribution < 1.29 is 4.42 Å². The molecule has 4 aromatic rings. The summed E-state index contributed by atoms with van der Waals surface area (Å²) < 4.78 is 7.71. The molecule has 2 aromatic heterocycles. The maximum Gasteiger partial charge on any atom is 0.262 e. The summed E-state index contributed by atoms with van der Waals surface area (Å²) in [4.78, 5) is 17.8. The Kier molecular flexibility index (Phi) is 4.24. The molecular weight excluding hydrogens is 372 g/mol. The highest BCUT2D eigenvalue weighted by atomic mass is 32.2. The van der Waals surface area contributed by atoms with E-state index < -0.39 is 0 Å². The monoisotopic (exact) mass is 390 g/mol. The molecule has 1 aliphatic rings. The van der Waals surface area contributed by atoms with Gasteiger partial charge in [0, 0.05) is 11.6 Å². The first kappa shape index (κ1) is 17.2. The Balaban J connectivity index is 1.49. The second-order valence-electron chi connectivity index (χ2n) is 6.89. The molecule has 0 aliphatic heterocycles. The van der Waals surface area contributed by atoms with Crippen molar-refractivity contribution in [1.29, 1.82) is 0 Å². The normalized spacial score (nSPS) is 15.0. The van der Waals surface area contributed by atoms with Crippen molar-refractivity contribution in [2.24, 2.45) is 0 Å². The van der Waals surface area contributed by atoms with Crippen LogP contribution in [0.2, 0.25) is 0 Å². The maximum atomic E-state index is 13.0. The lowest BCUT2D eigenvalue weighted by molar-refractivity contribution is 0.508. The Labute approximate surface area is 165 Å². The van der Waals surface area contributed by atoms with Gasteiger partial charge in [0.1, 0.15) is 0 Å². The number of fused-ring (bicyclic) bond motifs is 1. The Morgan fingerprint density at radius 3 is 2.61 bits per heavy atom. The zero-order chi connectivity index (χ0) is 19.1. The van der Waals surface area contributed by atoms with Gasteiger partial charge < -0.3 is 4.42 Å². The molecule has 2 aromatic carbocycles.